The van der Waals surface area contributed by atoms with Crippen molar-refractivity contribution in [1.29, 1.82) is 0 Å². The Labute approximate surface area is 176 Å². The summed E-state index contributed by atoms with van der Waals surface area (Å²) in [6.07, 6.45) is 1.55. The maximum absolute atomic E-state index is 12.0. The molecule has 30 heavy (non-hydrogen) atoms. The molecule has 2 atom stereocenters. The minimum atomic E-state index is 0.0422. The molecule has 7 nitrogen and oxygen atoms in total. The van der Waals surface area contributed by atoms with E-state index in [4.69, 9.17) is 9.47 Å². The van der Waals surface area contributed by atoms with E-state index < -0.39 is 0 Å². The van der Waals surface area contributed by atoms with Crippen LogP contribution >= 0.6 is 0 Å². The standard InChI is InChI=1S/C23H28N4O3/c1-14-8-15-9-20(29-3)17(10-21(15)30-14)13-26-23(24-2)25-12-16-11-22(28)27-19-7-5-4-6-18(16)19/h4-7,9-10,14,16H,8,11-13H2,1-3H3,(H,27,28)(H2,24,25,26). The predicted octanol–water partition coefficient (Wildman–Crippen LogP) is 2.81. The fourth-order valence-corrected chi connectivity index (χ4v) is 4.11. The Morgan fingerprint density at radius 3 is 2.90 bits per heavy atom. The summed E-state index contributed by atoms with van der Waals surface area (Å²) < 4.78 is 11.5. The summed E-state index contributed by atoms with van der Waals surface area (Å²) in [7, 11) is 3.42. The van der Waals surface area contributed by atoms with Gasteiger partial charge in [-0.1, -0.05) is 18.2 Å². The van der Waals surface area contributed by atoms with Gasteiger partial charge in [-0.2, -0.15) is 0 Å². The topological polar surface area (TPSA) is 84.0 Å². The number of methoxy groups -OCH3 is 1. The highest BCUT2D eigenvalue weighted by molar-refractivity contribution is 5.94. The van der Waals surface area contributed by atoms with Gasteiger partial charge >= 0.3 is 0 Å². The van der Waals surface area contributed by atoms with Gasteiger partial charge in [-0.05, 0) is 30.7 Å². The van der Waals surface area contributed by atoms with Gasteiger partial charge in [0.25, 0.3) is 0 Å². The van der Waals surface area contributed by atoms with E-state index in [9.17, 15) is 4.79 Å². The third-order valence-electron chi connectivity index (χ3n) is 5.59. The molecule has 3 N–H and O–H groups in total. The Kier molecular flexibility index (Phi) is 5.79. The maximum atomic E-state index is 12.0. The maximum Gasteiger partial charge on any atom is 0.225 e. The summed E-state index contributed by atoms with van der Waals surface area (Å²) in [5, 5.41) is 9.63. The van der Waals surface area contributed by atoms with Crippen molar-refractivity contribution in [3.63, 3.8) is 0 Å². The first-order valence-corrected chi connectivity index (χ1v) is 10.3. The minimum Gasteiger partial charge on any atom is -0.496 e. The Bertz CT molecular complexity index is 973. The first-order valence-electron chi connectivity index (χ1n) is 10.3. The van der Waals surface area contributed by atoms with Crippen LogP contribution in [0, 0.1) is 0 Å². The molecule has 158 valence electrons. The zero-order valence-corrected chi connectivity index (χ0v) is 17.6. The quantitative estimate of drug-likeness (QED) is 0.523. The molecular weight excluding hydrogens is 380 g/mol. The van der Waals surface area contributed by atoms with Gasteiger partial charge in [0.05, 0.1) is 7.11 Å². The number of nitrogens with zero attached hydrogens (tertiary/aromatic N) is 1. The van der Waals surface area contributed by atoms with Gasteiger partial charge in [0.1, 0.15) is 17.6 Å². The van der Waals surface area contributed by atoms with Crippen LogP contribution < -0.4 is 25.4 Å². The van der Waals surface area contributed by atoms with Crippen molar-refractivity contribution in [3.8, 4) is 11.5 Å². The van der Waals surface area contributed by atoms with Crippen LogP contribution in [0.2, 0.25) is 0 Å². The molecule has 0 bridgehead atoms. The summed E-state index contributed by atoms with van der Waals surface area (Å²) in [5.74, 6) is 2.58. The van der Waals surface area contributed by atoms with Crippen molar-refractivity contribution in [3.05, 3.63) is 53.1 Å². The molecule has 0 saturated carbocycles. The molecule has 0 saturated heterocycles. The molecule has 2 aliphatic heterocycles. The van der Waals surface area contributed by atoms with Crippen LogP contribution in [0.3, 0.4) is 0 Å². The Morgan fingerprint density at radius 2 is 2.10 bits per heavy atom. The van der Waals surface area contributed by atoms with Gasteiger partial charge in [-0.3, -0.25) is 9.79 Å². The number of aliphatic imine (C=N–C) groups is 1. The lowest BCUT2D eigenvalue weighted by Crippen LogP contribution is -2.40. The van der Waals surface area contributed by atoms with Gasteiger partial charge in [0.2, 0.25) is 5.91 Å². The zero-order valence-electron chi connectivity index (χ0n) is 17.6. The summed E-state index contributed by atoms with van der Waals surface area (Å²) >= 11 is 0. The molecular formula is C23H28N4O3. The monoisotopic (exact) mass is 408 g/mol. The number of fused-ring (bicyclic) bond motifs is 2. The zero-order chi connectivity index (χ0) is 21.1. The van der Waals surface area contributed by atoms with Gasteiger partial charge in [-0.25, -0.2) is 0 Å². The number of hydrogen-bond donors (Lipinski definition) is 3. The molecule has 2 aliphatic rings. The fraction of sp³-hybridized carbons (Fsp3) is 0.391. The summed E-state index contributed by atoms with van der Waals surface area (Å²) in [4.78, 5) is 16.4. The van der Waals surface area contributed by atoms with E-state index in [2.05, 4.69) is 40.0 Å². The Morgan fingerprint density at radius 1 is 1.27 bits per heavy atom. The number of carbonyl (C=O) groups excluding carboxylic acids is 1. The predicted molar refractivity (Wildman–Crippen MR) is 117 cm³/mol. The number of carbonyl (C=O) groups is 1. The SMILES string of the molecule is CN=C(NCc1cc2c(cc1OC)CC(C)O2)NCC1CC(=O)Nc2ccccc21. The third-order valence-corrected chi connectivity index (χ3v) is 5.59. The van der Waals surface area contributed by atoms with Crippen molar-refractivity contribution in [1.82, 2.24) is 10.6 Å². The lowest BCUT2D eigenvalue weighted by Gasteiger charge is -2.26. The molecule has 0 aliphatic carbocycles. The van der Waals surface area contributed by atoms with Crippen LogP contribution in [0.4, 0.5) is 5.69 Å². The number of ether oxygens (including phenoxy) is 2. The average Bonchev–Trinajstić information content (AvgIpc) is 3.11. The Hall–Kier alpha value is -3.22. The van der Waals surface area contributed by atoms with E-state index in [0.717, 1.165) is 34.7 Å². The van der Waals surface area contributed by atoms with Crippen molar-refractivity contribution < 1.29 is 14.3 Å². The number of rotatable bonds is 5. The van der Waals surface area contributed by atoms with Crippen molar-refractivity contribution in [2.24, 2.45) is 4.99 Å². The lowest BCUT2D eigenvalue weighted by molar-refractivity contribution is -0.116. The number of nitrogens with one attached hydrogen (secondary N) is 3. The highest BCUT2D eigenvalue weighted by atomic mass is 16.5. The van der Waals surface area contributed by atoms with Crippen molar-refractivity contribution in [2.75, 3.05) is 26.0 Å². The van der Waals surface area contributed by atoms with Gasteiger partial charge < -0.3 is 25.4 Å². The molecule has 0 radical (unpaired) electrons. The molecule has 2 unspecified atom stereocenters. The fourth-order valence-electron chi connectivity index (χ4n) is 4.11. The Balaban J connectivity index is 1.40. The van der Waals surface area contributed by atoms with E-state index in [1.807, 2.05) is 24.3 Å². The van der Waals surface area contributed by atoms with E-state index >= 15 is 0 Å². The first-order chi connectivity index (χ1) is 14.6. The number of benzene rings is 2. The second-order valence-electron chi connectivity index (χ2n) is 7.75. The number of guanidine groups is 1. The van der Waals surface area contributed by atoms with Crippen LogP contribution in [0.25, 0.3) is 0 Å². The number of hydrogen-bond acceptors (Lipinski definition) is 4. The minimum absolute atomic E-state index is 0.0422. The highest BCUT2D eigenvalue weighted by Gasteiger charge is 2.25. The summed E-state index contributed by atoms with van der Waals surface area (Å²) in [5.41, 5.74) is 4.22. The molecule has 2 aromatic rings. The summed E-state index contributed by atoms with van der Waals surface area (Å²) in [6.45, 7) is 3.24. The van der Waals surface area contributed by atoms with Gasteiger partial charge in [0.15, 0.2) is 5.96 Å². The number of anilines is 1. The normalized spacial score (nSPS) is 20.0. The van der Waals surface area contributed by atoms with E-state index in [1.54, 1.807) is 14.2 Å². The van der Waals surface area contributed by atoms with Crippen molar-refractivity contribution in [2.45, 2.75) is 38.3 Å². The molecule has 0 fully saturated rings. The van der Waals surface area contributed by atoms with Crippen LogP contribution in [0.15, 0.2) is 41.4 Å². The van der Waals surface area contributed by atoms with Crippen LogP contribution in [0.1, 0.15) is 36.0 Å². The molecule has 0 aromatic heterocycles. The van der Waals surface area contributed by atoms with Crippen molar-refractivity contribution >= 4 is 17.6 Å². The number of para-hydroxylation sites is 1. The van der Waals surface area contributed by atoms with E-state index in [-0.39, 0.29) is 17.9 Å². The van der Waals surface area contributed by atoms with Crippen LogP contribution in [0.5, 0.6) is 11.5 Å². The second kappa shape index (κ2) is 8.65. The average molecular weight is 409 g/mol. The van der Waals surface area contributed by atoms with E-state index in [0.29, 0.717) is 25.5 Å². The van der Waals surface area contributed by atoms with Gasteiger partial charge in [0, 0.05) is 55.7 Å². The molecule has 0 spiro atoms. The lowest BCUT2D eigenvalue weighted by atomic mass is 9.90. The largest absolute Gasteiger partial charge is 0.496 e. The molecule has 7 heteroatoms. The molecule has 2 aromatic carbocycles. The highest BCUT2D eigenvalue weighted by Crippen LogP contribution is 2.35. The van der Waals surface area contributed by atoms with Gasteiger partial charge in [-0.15, -0.1) is 0 Å². The molecule has 4 rings (SSSR count). The molecule has 1 amide bonds. The van der Waals surface area contributed by atoms with Crippen LogP contribution in [-0.2, 0) is 17.8 Å². The number of amides is 1. The summed E-state index contributed by atoms with van der Waals surface area (Å²) in [6, 6.07) is 12.0. The molecule has 2 heterocycles. The second-order valence-corrected chi connectivity index (χ2v) is 7.75. The smallest absolute Gasteiger partial charge is 0.225 e. The van der Waals surface area contributed by atoms with Crippen LogP contribution in [-0.4, -0.2) is 38.7 Å². The van der Waals surface area contributed by atoms with E-state index in [1.165, 1.54) is 5.56 Å². The third kappa shape index (κ3) is 4.20. The first kappa shape index (κ1) is 20.1.